The Kier molecular flexibility index (Phi) is 4.72. The summed E-state index contributed by atoms with van der Waals surface area (Å²) in [6, 6.07) is 22.0. The third-order valence-electron chi connectivity index (χ3n) is 4.60. The Balaban J connectivity index is 1.76. The maximum absolute atomic E-state index is 2.60. The van der Waals surface area contributed by atoms with Gasteiger partial charge in [0, 0.05) is 19.0 Å². The van der Waals surface area contributed by atoms with Crippen LogP contribution in [-0.2, 0) is 0 Å². The lowest BCUT2D eigenvalue weighted by Crippen LogP contribution is -2.49. The highest BCUT2D eigenvalue weighted by Gasteiger charge is 2.34. The van der Waals surface area contributed by atoms with Crippen LogP contribution >= 0.6 is 0 Å². The van der Waals surface area contributed by atoms with Crippen LogP contribution < -0.4 is 0 Å². The van der Waals surface area contributed by atoms with E-state index >= 15 is 0 Å². The van der Waals surface area contributed by atoms with Crippen molar-refractivity contribution in [1.82, 2.24) is 4.90 Å². The molecule has 1 saturated heterocycles. The summed E-state index contributed by atoms with van der Waals surface area (Å²) in [7, 11) is 0. The van der Waals surface area contributed by atoms with Crippen molar-refractivity contribution in [3.05, 3.63) is 71.8 Å². The molecule has 0 bridgehead atoms. The van der Waals surface area contributed by atoms with Crippen LogP contribution in [0.4, 0.5) is 0 Å². The summed E-state index contributed by atoms with van der Waals surface area (Å²) >= 11 is 0. The molecule has 1 heteroatoms. The highest BCUT2D eigenvalue weighted by atomic mass is 15.2. The summed E-state index contributed by atoms with van der Waals surface area (Å²) in [5, 5.41) is 0. The van der Waals surface area contributed by atoms with Crippen LogP contribution in [0.1, 0.15) is 36.8 Å². The molecule has 1 aliphatic heterocycles. The van der Waals surface area contributed by atoms with E-state index in [0.29, 0.717) is 5.92 Å². The molecule has 1 heterocycles. The Morgan fingerprint density at radius 2 is 1.43 bits per heavy atom. The standard InChI is InChI=1S/C20H25N/c1-2-3-14-21-15-19(16-21)20(17-10-6-4-7-11-17)18-12-8-5-9-13-18/h4-13,19-20H,2-3,14-16H2,1H3. The van der Waals surface area contributed by atoms with E-state index in [1.165, 1.54) is 43.6 Å². The molecule has 0 atom stereocenters. The topological polar surface area (TPSA) is 3.24 Å². The third-order valence-corrected chi connectivity index (χ3v) is 4.60. The fourth-order valence-corrected chi connectivity index (χ4v) is 3.44. The molecule has 2 aromatic carbocycles. The quantitative estimate of drug-likeness (QED) is 0.750. The van der Waals surface area contributed by atoms with E-state index < -0.39 is 0 Å². The van der Waals surface area contributed by atoms with Crippen LogP contribution in [0.15, 0.2) is 60.7 Å². The molecule has 1 fully saturated rings. The van der Waals surface area contributed by atoms with Gasteiger partial charge in [0.2, 0.25) is 0 Å². The lowest BCUT2D eigenvalue weighted by Gasteiger charge is -2.44. The van der Waals surface area contributed by atoms with Crippen molar-refractivity contribution >= 4 is 0 Å². The number of hydrogen-bond donors (Lipinski definition) is 0. The predicted molar refractivity (Wildman–Crippen MR) is 89.6 cm³/mol. The van der Waals surface area contributed by atoms with E-state index in [9.17, 15) is 0 Å². The van der Waals surface area contributed by atoms with E-state index in [4.69, 9.17) is 0 Å². The molecule has 0 amide bonds. The van der Waals surface area contributed by atoms with Gasteiger partial charge >= 0.3 is 0 Å². The van der Waals surface area contributed by atoms with Crippen LogP contribution in [0.3, 0.4) is 0 Å². The maximum Gasteiger partial charge on any atom is 0.0142 e. The molecule has 0 saturated carbocycles. The number of hydrogen-bond acceptors (Lipinski definition) is 1. The summed E-state index contributed by atoms with van der Waals surface area (Å²) in [6.07, 6.45) is 2.62. The Bertz CT molecular complexity index is 489. The van der Waals surface area contributed by atoms with E-state index in [1.54, 1.807) is 0 Å². The molecule has 110 valence electrons. The summed E-state index contributed by atoms with van der Waals surface area (Å²) in [4.78, 5) is 2.60. The number of likely N-dealkylation sites (tertiary alicyclic amines) is 1. The molecule has 2 aromatic rings. The molecule has 3 rings (SSSR count). The zero-order valence-corrected chi connectivity index (χ0v) is 12.9. The van der Waals surface area contributed by atoms with E-state index in [2.05, 4.69) is 72.5 Å². The maximum atomic E-state index is 2.60. The molecule has 1 nitrogen and oxygen atoms in total. The van der Waals surface area contributed by atoms with Crippen LogP contribution in [-0.4, -0.2) is 24.5 Å². The predicted octanol–water partition coefficient (Wildman–Crippen LogP) is 4.55. The van der Waals surface area contributed by atoms with Gasteiger partial charge in [-0.2, -0.15) is 0 Å². The van der Waals surface area contributed by atoms with E-state index in [1.807, 2.05) is 0 Å². The second-order valence-corrected chi connectivity index (χ2v) is 6.17. The van der Waals surface area contributed by atoms with Crippen molar-refractivity contribution in [2.75, 3.05) is 19.6 Å². The van der Waals surface area contributed by atoms with Gasteiger partial charge in [-0.1, -0.05) is 74.0 Å². The van der Waals surface area contributed by atoms with Crippen LogP contribution in [0.5, 0.6) is 0 Å². The van der Waals surface area contributed by atoms with Crippen molar-refractivity contribution < 1.29 is 0 Å². The average Bonchev–Trinajstić information content (AvgIpc) is 2.51. The monoisotopic (exact) mass is 279 g/mol. The number of unbranched alkanes of at least 4 members (excludes halogenated alkanes) is 1. The Labute approximate surface area is 128 Å². The van der Waals surface area contributed by atoms with E-state index in [-0.39, 0.29) is 0 Å². The smallest absolute Gasteiger partial charge is 0.0142 e. The third kappa shape index (κ3) is 3.36. The van der Waals surface area contributed by atoms with Crippen molar-refractivity contribution in [3.8, 4) is 0 Å². The van der Waals surface area contributed by atoms with Crippen molar-refractivity contribution in [2.45, 2.75) is 25.7 Å². The molecular formula is C20H25N. The summed E-state index contributed by atoms with van der Waals surface area (Å²) in [6.45, 7) is 6.03. The van der Waals surface area contributed by atoms with Gasteiger partial charge in [0.25, 0.3) is 0 Å². The first kappa shape index (κ1) is 14.3. The zero-order valence-electron chi connectivity index (χ0n) is 12.9. The van der Waals surface area contributed by atoms with Gasteiger partial charge in [0.05, 0.1) is 0 Å². The van der Waals surface area contributed by atoms with Crippen molar-refractivity contribution in [2.24, 2.45) is 5.92 Å². The number of nitrogens with zero attached hydrogens (tertiary/aromatic N) is 1. The number of benzene rings is 2. The minimum absolute atomic E-state index is 0.547. The minimum atomic E-state index is 0.547. The molecule has 0 N–H and O–H groups in total. The Morgan fingerprint density at radius 1 is 0.905 bits per heavy atom. The first-order chi connectivity index (χ1) is 10.4. The lowest BCUT2D eigenvalue weighted by atomic mass is 9.77. The van der Waals surface area contributed by atoms with Crippen LogP contribution in [0.2, 0.25) is 0 Å². The molecule has 21 heavy (non-hydrogen) atoms. The van der Waals surface area contributed by atoms with Gasteiger partial charge in [-0.25, -0.2) is 0 Å². The highest BCUT2D eigenvalue weighted by Crippen LogP contribution is 2.37. The van der Waals surface area contributed by atoms with Gasteiger partial charge < -0.3 is 4.90 Å². The normalized spacial score (nSPS) is 16.1. The molecule has 1 aliphatic rings. The SMILES string of the molecule is CCCCN1CC(C(c2ccccc2)c2ccccc2)C1. The Hall–Kier alpha value is -1.60. The van der Waals surface area contributed by atoms with Gasteiger partial charge in [0.1, 0.15) is 0 Å². The second-order valence-electron chi connectivity index (χ2n) is 6.17. The van der Waals surface area contributed by atoms with Gasteiger partial charge in [-0.05, 0) is 30.0 Å². The summed E-state index contributed by atoms with van der Waals surface area (Å²) in [5.74, 6) is 1.30. The summed E-state index contributed by atoms with van der Waals surface area (Å²) in [5.41, 5.74) is 2.92. The molecule has 0 radical (unpaired) electrons. The van der Waals surface area contributed by atoms with Gasteiger partial charge in [-0.3, -0.25) is 0 Å². The molecule has 0 spiro atoms. The largest absolute Gasteiger partial charge is 0.303 e. The first-order valence-corrected chi connectivity index (χ1v) is 8.20. The first-order valence-electron chi connectivity index (χ1n) is 8.20. The molecule has 0 unspecified atom stereocenters. The lowest BCUT2D eigenvalue weighted by molar-refractivity contribution is 0.0877. The van der Waals surface area contributed by atoms with Gasteiger partial charge in [-0.15, -0.1) is 0 Å². The van der Waals surface area contributed by atoms with Crippen LogP contribution in [0.25, 0.3) is 0 Å². The van der Waals surface area contributed by atoms with Crippen molar-refractivity contribution in [3.63, 3.8) is 0 Å². The van der Waals surface area contributed by atoms with Gasteiger partial charge in [0.15, 0.2) is 0 Å². The van der Waals surface area contributed by atoms with Crippen molar-refractivity contribution in [1.29, 1.82) is 0 Å². The van der Waals surface area contributed by atoms with E-state index in [0.717, 1.165) is 5.92 Å². The second kappa shape index (κ2) is 6.91. The minimum Gasteiger partial charge on any atom is -0.303 e. The fourth-order valence-electron chi connectivity index (χ4n) is 3.44. The number of rotatable bonds is 6. The fraction of sp³-hybridized carbons (Fsp3) is 0.400. The summed E-state index contributed by atoms with van der Waals surface area (Å²) < 4.78 is 0. The zero-order chi connectivity index (χ0) is 14.5. The average molecular weight is 279 g/mol. The highest BCUT2D eigenvalue weighted by molar-refractivity contribution is 5.34. The molecule has 0 aromatic heterocycles. The molecule has 0 aliphatic carbocycles. The molecular weight excluding hydrogens is 254 g/mol. The van der Waals surface area contributed by atoms with Crippen LogP contribution in [0, 0.1) is 5.92 Å². The Morgan fingerprint density at radius 3 is 1.90 bits per heavy atom.